The van der Waals surface area contributed by atoms with E-state index in [1.165, 1.54) is 15.2 Å². The van der Waals surface area contributed by atoms with Crippen molar-refractivity contribution in [3.63, 3.8) is 0 Å². The van der Waals surface area contributed by atoms with Gasteiger partial charge in [0.05, 0.1) is 11.0 Å². The summed E-state index contributed by atoms with van der Waals surface area (Å²) in [7, 11) is 0. The Morgan fingerprint density at radius 3 is 2.63 bits per heavy atom. The van der Waals surface area contributed by atoms with Gasteiger partial charge in [-0.25, -0.2) is 4.98 Å². The van der Waals surface area contributed by atoms with Crippen LogP contribution in [-0.2, 0) is 0 Å². The molecule has 0 amide bonds. The zero-order valence-corrected chi connectivity index (χ0v) is 15.9. The summed E-state index contributed by atoms with van der Waals surface area (Å²) in [6, 6.07) is 25.0. The first-order valence-electron chi connectivity index (χ1n) is 8.43. The molecule has 27 heavy (non-hydrogen) atoms. The monoisotopic (exact) mass is 389 g/mol. The highest BCUT2D eigenvalue weighted by molar-refractivity contribution is 7.99. The fourth-order valence-electron chi connectivity index (χ4n) is 3.09. The second-order valence-electron chi connectivity index (χ2n) is 6.09. The van der Waals surface area contributed by atoms with Gasteiger partial charge in [0.15, 0.2) is 0 Å². The van der Waals surface area contributed by atoms with Gasteiger partial charge in [-0.1, -0.05) is 54.2 Å². The summed E-state index contributed by atoms with van der Waals surface area (Å²) in [5.41, 5.74) is 3.13. The molecule has 1 N–H and O–H groups in total. The van der Waals surface area contributed by atoms with Gasteiger partial charge < -0.3 is 4.98 Å². The van der Waals surface area contributed by atoms with Gasteiger partial charge in [0.1, 0.15) is 5.82 Å². The molecule has 0 spiro atoms. The topological polar surface area (TPSA) is 41.6 Å². The second kappa shape index (κ2) is 7.43. The lowest BCUT2D eigenvalue weighted by atomic mass is 10.2. The number of hydrogen-bond acceptors (Lipinski definition) is 3. The van der Waals surface area contributed by atoms with E-state index in [-0.39, 0.29) is 12.4 Å². The quantitative estimate of drug-likeness (QED) is 0.390. The number of fused-ring (bicyclic) bond motifs is 2. The van der Waals surface area contributed by atoms with E-state index >= 15 is 0 Å². The van der Waals surface area contributed by atoms with Gasteiger partial charge in [0, 0.05) is 33.1 Å². The number of aromatic amines is 1. The molecule has 0 radical (unpaired) electrons. The summed E-state index contributed by atoms with van der Waals surface area (Å²) in [6.07, 6.45) is 3.75. The first-order chi connectivity index (χ1) is 12.9. The number of nitrogens with zero attached hydrogens (tertiary/aromatic N) is 2. The minimum atomic E-state index is 0. The molecule has 0 aliphatic carbocycles. The van der Waals surface area contributed by atoms with E-state index in [1.54, 1.807) is 11.8 Å². The number of benzene rings is 3. The van der Waals surface area contributed by atoms with Crippen LogP contribution in [0.2, 0.25) is 0 Å². The van der Waals surface area contributed by atoms with Crippen molar-refractivity contribution in [1.82, 2.24) is 15.0 Å². The molecular formula is C22H16ClN3S. The number of hydrogen-bond donors (Lipinski definition) is 1. The minimum Gasteiger partial charge on any atom is -0.338 e. The molecule has 0 aliphatic rings. The van der Waals surface area contributed by atoms with Crippen LogP contribution in [0.5, 0.6) is 0 Å². The summed E-state index contributed by atoms with van der Waals surface area (Å²) in [5.74, 6) is 0.902. The molecule has 0 saturated carbocycles. The number of nitrogens with one attached hydrogen (secondary N) is 1. The molecule has 0 fully saturated rings. The van der Waals surface area contributed by atoms with Gasteiger partial charge in [0.2, 0.25) is 0 Å². The molecule has 5 rings (SSSR count). The average molecular weight is 390 g/mol. The maximum atomic E-state index is 4.71. The van der Waals surface area contributed by atoms with Crippen LogP contribution in [0, 0.1) is 0 Å². The van der Waals surface area contributed by atoms with Gasteiger partial charge in [-0.3, -0.25) is 4.98 Å². The van der Waals surface area contributed by atoms with Crippen LogP contribution in [0.1, 0.15) is 0 Å². The Kier molecular flexibility index (Phi) is 4.84. The van der Waals surface area contributed by atoms with Crippen molar-refractivity contribution in [3.05, 3.63) is 85.2 Å². The number of rotatable bonds is 3. The third-order valence-corrected chi connectivity index (χ3v) is 5.43. The standard InChI is InChI=1S/C22H15N3S.ClH/c1-2-5-15(6-3-1)22-24-19-10-9-17(13-20(19)25-22)26-21-8-4-7-16-14-23-12-11-18(16)21;/h1-14H,(H,24,25);1H. The van der Waals surface area contributed by atoms with Crippen molar-refractivity contribution in [2.24, 2.45) is 0 Å². The molecule has 0 atom stereocenters. The van der Waals surface area contributed by atoms with Gasteiger partial charge >= 0.3 is 0 Å². The third kappa shape index (κ3) is 3.42. The van der Waals surface area contributed by atoms with Crippen LogP contribution in [0.25, 0.3) is 33.2 Å². The fourth-order valence-corrected chi connectivity index (χ4v) is 4.10. The largest absolute Gasteiger partial charge is 0.338 e. The highest BCUT2D eigenvalue weighted by Crippen LogP contribution is 2.34. The number of imidazole rings is 1. The van der Waals surface area contributed by atoms with E-state index in [2.05, 4.69) is 64.6 Å². The maximum absolute atomic E-state index is 4.71. The number of halogens is 1. The molecule has 3 aromatic carbocycles. The van der Waals surface area contributed by atoms with Crippen molar-refractivity contribution in [3.8, 4) is 11.4 Å². The Morgan fingerprint density at radius 2 is 1.74 bits per heavy atom. The minimum absolute atomic E-state index is 0. The Morgan fingerprint density at radius 1 is 0.852 bits per heavy atom. The van der Waals surface area contributed by atoms with E-state index < -0.39 is 0 Å². The van der Waals surface area contributed by atoms with Crippen LogP contribution < -0.4 is 0 Å². The predicted octanol–water partition coefficient (Wildman–Crippen LogP) is 6.35. The third-order valence-electron chi connectivity index (χ3n) is 4.37. The van der Waals surface area contributed by atoms with E-state index in [9.17, 15) is 0 Å². The van der Waals surface area contributed by atoms with Gasteiger partial charge in [-0.2, -0.15) is 0 Å². The van der Waals surface area contributed by atoms with Crippen molar-refractivity contribution in [2.45, 2.75) is 9.79 Å². The maximum Gasteiger partial charge on any atom is 0.138 e. The number of H-pyrrole nitrogens is 1. The molecule has 0 bridgehead atoms. The van der Waals surface area contributed by atoms with Crippen LogP contribution in [0.15, 0.2) is 95.0 Å². The summed E-state index contributed by atoms with van der Waals surface area (Å²) in [6.45, 7) is 0. The van der Waals surface area contributed by atoms with E-state index in [0.29, 0.717) is 0 Å². The normalized spacial score (nSPS) is 10.8. The average Bonchev–Trinajstić information content (AvgIpc) is 3.12. The highest BCUT2D eigenvalue weighted by atomic mass is 35.5. The highest BCUT2D eigenvalue weighted by Gasteiger charge is 2.08. The lowest BCUT2D eigenvalue weighted by Gasteiger charge is -2.06. The predicted molar refractivity (Wildman–Crippen MR) is 115 cm³/mol. The molecule has 5 aromatic rings. The van der Waals surface area contributed by atoms with Crippen LogP contribution >= 0.6 is 24.2 Å². The van der Waals surface area contributed by atoms with Crippen LogP contribution in [0.4, 0.5) is 0 Å². The molecule has 0 aliphatic heterocycles. The molecule has 2 heterocycles. The smallest absolute Gasteiger partial charge is 0.138 e. The lowest BCUT2D eigenvalue weighted by molar-refractivity contribution is 1.33. The van der Waals surface area contributed by atoms with Gasteiger partial charge in [0.25, 0.3) is 0 Å². The summed E-state index contributed by atoms with van der Waals surface area (Å²) >= 11 is 1.76. The summed E-state index contributed by atoms with van der Waals surface area (Å²) in [5, 5.41) is 2.38. The van der Waals surface area contributed by atoms with Crippen LogP contribution in [-0.4, -0.2) is 15.0 Å². The molecular weight excluding hydrogens is 374 g/mol. The molecule has 0 saturated heterocycles. The van der Waals surface area contributed by atoms with Gasteiger partial charge in [-0.15, -0.1) is 12.4 Å². The molecule has 132 valence electrons. The van der Waals surface area contributed by atoms with Gasteiger partial charge in [-0.05, 0) is 35.7 Å². The molecule has 5 heteroatoms. The van der Waals surface area contributed by atoms with E-state index in [1.807, 2.05) is 30.6 Å². The Bertz CT molecular complexity index is 1210. The SMILES string of the molecule is Cl.c1ccc(-c2nc3ccc(Sc4cccc5cnccc45)cc3[nH]2)cc1. The van der Waals surface area contributed by atoms with Crippen molar-refractivity contribution < 1.29 is 0 Å². The van der Waals surface area contributed by atoms with E-state index in [0.717, 1.165) is 27.8 Å². The first kappa shape index (κ1) is 17.6. The summed E-state index contributed by atoms with van der Waals surface area (Å²) < 4.78 is 0. The molecule has 3 nitrogen and oxygen atoms in total. The molecule has 2 aromatic heterocycles. The second-order valence-corrected chi connectivity index (χ2v) is 7.20. The molecule has 0 unspecified atom stereocenters. The van der Waals surface area contributed by atoms with Crippen molar-refractivity contribution >= 4 is 46.0 Å². The number of pyridine rings is 1. The number of aromatic nitrogens is 3. The zero-order chi connectivity index (χ0) is 17.3. The zero-order valence-electron chi connectivity index (χ0n) is 14.3. The van der Waals surface area contributed by atoms with E-state index in [4.69, 9.17) is 4.98 Å². The lowest BCUT2D eigenvalue weighted by Crippen LogP contribution is -1.80. The van der Waals surface area contributed by atoms with Crippen molar-refractivity contribution in [1.29, 1.82) is 0 Å². The van der Waals surface area contributed by atoms with Crippen molar-refractivity contribution in [2.75, 3.05) is 0 Å². The fraction of sp³-hybridized carbons (Fsp3) is 0. The Labute approximate surface area is 167 Å². The Balaban J connectivity index is 0.00000180. The first-order valence-corrected chi connectivity index (χ1v) is 9.24. The Hall–Kier alpha value is -2.82. The van der Waals surface area contributed by atoms with Crippen LogP contribution in [0.3, 0.4) is 0 Å². The summed E-state index contributed by atoms with van der Waals surface area (Å²) in [4.78, 5) is 14.8.